The monoisotopic (exact) mass is 433 g/mol. The van der Waals surface area contributed by atoms with Crippen LogP contribution >= 0.6 is 0 Å². The Morgan fingerprint density at radius 3 is 2.27 bits per heavy atom. The Balaban J connectivity index is 1.89. The molecule has 0 saturated carbocycles. The van der Waals surface area contributed by atoms with Gasteiger partial charge in [0.15, 0.2) is 0 Å². The molecule has 1 aliphatic rings. The number of primary amides is 1. The van der Waals surface area contributed by atoms with Crippen LogP contribution in [0.5, 0.6) is 0 Å². The summed E-state index contributed by atoms with van der Waals surface area (Å²) in [5.41, 5.74) is 6.00. The SMILES string of the molecule is Cc1ccc(S(=O)(=O)N(CC(=O)N2CCC(C(N)=O)CC2)c2ccccc2F)cc1. The number of para-hydroxylation sites is 1. The maximum absolute atomic E-state index is 14.5. The molecule has 7 nitrogen and oxygen atoms in total. The minimum absolute atomic E-state index is 0.0309. The number of sulfonamides is 1. The average molecular weight is 434 g/mol. The van der Waals surface area contributed by atoms with Crippen molar-refractivity contribution in [1.29, 1.82) is 0 Å². The quantitative estimate of drug-likeness (QED) is 0.753. The van der Waals surface area contributed by atoms with Crippen molar-refractivity contribution in [3.8, 4) is 0 Å². The highest BCUT2D eigenvalue weighted by Crippen LogP contribution is 2.27. The zero-order chi connectivity index (χ0) is 21.9. The van der Waals surface area contributed by atoms with Crippen LogP contribution in [-0.4, -0.2) is 44.8 Å². The molecule has 0 unspecified atom stereocenters. The number of nitrogens with zero attached hydrogens (tertiary/aromatic N) is 2. The van der Waals surface area contributed by atoms with Crippen LogP contribution in [0.4, 0.5) is 10.1 Å². The molecule has 9 heteroatoms. The number of hydrogen-bond acceptors (Lipinski definition) is 4. The number of nitrogens with two attached hydrogens (primary N) is 1. The van der Waals surface area contributed by atoms with E-state index in [1.807, 2.05) is 6.92 Å². The van der Waals surface area contributed by atoms with E-state index < -0.39 is 34.2 Å². The van der Waals surface area contributed by atoms with E-state index in [4.69, 9.17) is 5.73 Å². The van der Waals surface area contributed by atoms with Crippen molar-refractivity contribution >= 4 is 27.5 Å². The lowest BCUT2D eigenvalue weighted by molar-refractivity contribution is -0.133. The standard InChI is InChI=1S/C21H24FN3O4S/c1-15-6-8-17(9-7-15)30(28,29)25(19-5-3-2-4-18(19)22)14-20(26)24-12-10-16(11-13-24)21(23)27/h2-9,16H,10-14H2,1H3,(H2,23,27). The van der Waals surface area contributed by atoms with E-state index in [1.165, 1.54) is 35.2 Å². The second-order valence-corrected chi connectivity index (χ2v) is 9.20. The van der Waals surface area contributed by atoms with Crippen LogP contribution in [0.15, 0.2) is 53.4 Å². The lowest BCUT2D eigenvalue weighted by atomic mass is 9.96. The average Bonchev–Trinajstić information content (AvgIpc) is 2.73. The summed E-state index contributed by atoms with van der Waals surface area (Å²) in [6.45, 7) is 1.87. The van der Waals surface area contributed by atoms with E-state index in [0.717, 1.165) is 15.9 Å². The fourth-order valence-electron chi connectivity index (χ4n) is 3.43. The van der Waals surface area contributed by atoms with Gasteiger partial charge in [0, 0.05) is 19.0 Å². The van der Waals surface area contributed by atoms with Crippen molar-refractivity contribution < 1.29 is 22.4 Å². The maximum Gasteiger partial charge on any atom is 0.264 e. The van der Waals surface area contributed by atoms with E-state index in [2.05, 4.69) is 0 Å². The third kappa shape index (κ3) is 4.62. The number of carbonyl (C=O) groups is 2. The van der Waals surface area contributed by atoms with Crippen LogP contribution in [0.3, 0.4) is 0 Å². The summed E-state index contributed by atoms with van der Waals surface area (Å²) in [6.07, 6.45) is 0.844. The van der Waals surface area contributed by atoms with Crippen LogP contribution in [-0.2, 0) is 19.6 Å². The van der Waals surface area contributed by atoms with Crippen molar-refractivity contribution in [1.82, 2.24) is 4.90 Å². The molecular weight excluding hydrogens is 409 g/mol. The van der Waals surface area contributed by atoms with Crippen LogP contribution in [0, 0.1) is 18.7 Å². The molecule has 0 atom stereocenters. The molecule has 0 aliphatic carbocycles. The van der Waals surface area contributed by atoms with Crippen molar-refractivity contribution in [3.05, 3.63) is 59.9 Å². The normalized spacial score (nSPS) is 15.1. The summed E-state index contributed by atoms with van der Waals surface area (Å²) < 4.78 is 41.9. The Kier molecular flexibility index (Phi) is 6.40. The second kappa shape index (κ2) is 8.83. The number of carbonyl (C=O) groups excluding carboxylic acids is 2. The zero-order valence-electron chi connectivity index (χ0n) is 16.6. The Labute approximate surface area is 175 Å². The summed E-state index contributed by atoms with van der Waals surface area (Å²) in [7, 11) is -4.18. The molecule has 2 aromatic carbocycles. The Bertz CT molecular complexity index is 1030. The van der Waals surface area contributed by atoms with Gasteiger partial charge in [-0.1, -0.05) is 29.8 Å². The maximum atomic E-state index is 14.5. The first kappa shape index (κ1) is 21.8. The predicted octanol–water partition coefficient (Wildman–Crippen LogP) is 2.05. The number of piperidine rings is 1. The van der Waals surface area contributed by atoms with Crippen molar-refractivity contribution in [2.24, 2.45) is 11.7 Å². The number of aryl methyl sites for hydroxylation is 1. The molecule has 2 amide bonds. The lowest BCUT2D eigenvalue weighted by Crippen LogP contribution is -2.47. The smallest absolute Gasteiger partial charge is 0.264 e. The van der Waals surface area contributed by atoms with Gasteiger partial charge in [-0.05, 0) is 44.0 Å². The number of halogens is 1. The van der Waals surface area contributed by atoms with E-state index >= 15 is 0 Å². The number of likely N-dealkylation sites (tertiary alicyclic amines) is 1. The molecule has 1 fully saturated rings. The molecule has 0 aromatic heterocycles. The third-order valence-corrected chi connectivity index (χ3v) is 7.03. The van der Waals surface area contributed by atoms with Crippen molar-refractivity contribution in [2.75, 3.05) is 23.9 Å². The van der Waals surface area contributed by atoms with Gasteiger partial charge in [0.1, 0.15) is 12.4 Å². The molecule has 160 valence electrons. The minimum Gasteiger partial charge on any atom is -0.369 e. The van der Waals surface area contributed by atoms with Gasteiger partial charge in [0.05, 0.1) is 10.6 Å². The third-order valence-electron chi connectivity index (χ3n) is 5.26. The fourth-order valence-corrected chi connectivity index (χ4v) is 4.85. The van der Waals surface area contributed by atoms with Crippen LogP contribution < -0.4 is 10.0 Å². The molecular formula is C21H24FN3O4S. The highest BCUT2D eigenvalue weighted by Gasteiger charge is 2.32. The van der Waals surface area contributed by atoms with Crippen molar-refractivity contribution in [2.45, 2.75) is 24.7 Å². The molecule has 1 aliphatic heterocycles. The first-order valence-corrected chi connectivity index (χ1v) is 11.0. The summed E-state index contributed by atoms with van der Waals surface area (Å²) in [5, 5.41) is 0. The Morgan fingerprint density at radius 2 is 1.70 bits per heavy atom. The molecule has 0 radical (unpaired) electrons. The van der Waals surface area contributed by atoms with Crippen LogP contribution in [0.2, 0.25) is 0 Å². The number of benzene rings is 2. The van der Waals surface area contributed by atoms with Gasteiger partial charge in [-0.3, -0.25) is 13.9 Å². The topological polar surface area (TPSA) is 101 Å². The highest BCUT2D eigenvalue weighted by atomic mass is 32.2. The van der Waals surface area contributed by atoms with E-state index in [0.29, 0.717) is 25.9 Å². The summed E-state index contributed by atoms with van der Waals surface area (Å²) in [4.78, 5) is 25.7. The van der Waals surface area contributed by atoms with E-state index in [-0.39, 0.29) is 16.5 Å². The molecule has 1 heterocycles. The van der Waals surface area contributed by atoms with Gasteiger partial charge in [0.25, 0.3) is 10.0 Å². The first-order valence-electron chi connectivity index (χ1n) is 9.61. The van der Waals surface area contributed by atoms with Gasteiger partial charge >= 0.3 is 0 Å². The van der Waals surface area contributed by atoms with E-state index in [9.17, 15) is 22.4 Å². The van der Waals surface area contributed by atoms with E-state index in [1.54, 1.807) is 12.1 Å². The number of rotatable bonds is 6. The zero-order valence-corrected chi connectivity index (χ0v) is 17.4. The highest BCUT2D eigenvalue weighted by molar-refractivity contribution is 7.92. The number of amides is 2. The largest absolute Gasteiger partial charge is 0.369 e. The summed E-state index contributed by atoms with van der Waals surface area (Å²) >= 11 is 0. The van der Waals surface area contributed by atoms with Gasteiger partial charge in [0.2, 0.25) is 11.8 Å². The van der Waals surface area contributed by atoms with Gasteiger partial charge in [-0.15, -0.1) is 0 Å². The molecule has 0 spiro atoms. The molecule has 0 bridgehead atoms. The molecule has 2 aromatic rings. The lowest BCUT2D eigenvalue weighted by Gasteiger charge is -2.33. The molecule has 2 N–H and O–H groups in total. The summed E-state index contributed by atoms with van der Waals surface area (Å²) in [6, 6.07) is 11.6. The van der Waals surface area contributed by atoms with Crippen LogP contribution in [0.1, 0.15) is 18.4 Å². The predicted molar refractivity (Wildman–Crippen MR) is 111 cm³/mol. The molecule has 3 rings (SSSR count). The Morgan fingerprint density at radius 1 is 1.10 bits per heavy atom. The first-order chi connectivity index (χ1) is 14.2. The Hall–Kier alpha value is -2.94. The van der Waals surface area contributed by atoms with Crippen molar-refractivity contribution in [3.63, 3.8) is 0 Å². The van der Waals surface area contributed by atoms with Gasteiger partial charge in [-0.25, -0.2) is 12.8 Å². The van der Waals surface area contributed by atoms with Gasteiger partial charge in [-0.2, -0.15) is 0 Å². The van der Waals surface area contributed by atoms with Crippen LogP contribution in [0.25, 0.3) is 0 Å². The summed E-state index contributed by atoms with van der Waals surface area (Å²) in [5.74, 6) is -1.91. The van der Waals surface area contributed by atoms with Gasteiger partial charge < -0.3 is 10.6 Å². The second-order valence-electron chi connectivity index (χ2n) is 7.33. The molecule has 1 saturated heterocycles. The number of hydrogen-bond donors (Lipinski definition) is 1. The number of anilines is 1. The minimum atomic E-state index is -4.18. The molecule has 30 heavy (non-hydrogen) atoms. The fraction of sp³-hybridized carbons (Fsp3) is 0.333.